The maximum atomic E-state index is 12.2. The summed E-state index contributed by atoms with van der Waals surface area (Å²) in [5, 5.41) is 3.04. The molecule has 106 valence electrons. The van der Waals surface area contributed by atoms with E-state index in [0.717, 1.165) is 0 Å². The molecule has 1 aromatic rings. The molecule has 0 amide bonds. The maximum absolute atomic E-state index is 12.2. The van der Waals surface area contributed by atoms with Crippen molar-refractivity contribution in [2.24, 2.45) is 0 Å². The lowest BCUT2D eigenvalue weighted by atomic mass is 10.2. The minimum absolute atomic E-state index is 0.0515. The van der Waals surface area contributed by atoms with Crippen molar-refractivity contribution in [2.45, 2.75) is 30.4 Å². The zero-order chi connectivity index (χ0) is 14.0. The fraction of sp³-hybridized carbons (Fsp3) is 0.545. The number of ether oxygens (including phenoxy) is 1. The topological polar surface area (TPSA) is 80.3 Å². The first-order chi connectivity index (χ1) is 8.94. The second kappa shape index (κ2) is 5.62. The first kappa shape index (κ1) is 14.5. The van der Waals surface area contributed by atoms with Gasteiger partial charge in [0.1, 0.15) is 10.7 Å². The third-order valence-corrected chi connectivity index (χ3v) is 4.79. The van der Waals surface area contributed by atoms with Crippen LogP contribution in [-0.4, -0.2) is 39.2 Å². The van der Waals surface area contributed by atoms with E-state index in [1.807, 2.05) is 6.92 Å². The highest BCUT2D eigenvalue weighted by atomic mass is 35.5. The molecule has 1 fully saturated rings. The van der Waals surface area contributed by atoms with Gasteiger partial charge in [0.05, 0.1) is 17.2 Å². The van der Waals surface area contributed by atoms with Gasteiger partial charge >= 0.3 is 0 Å². The SMILES string of the molecule is CNc1ncc(S(=O)(=O)NC2CCOC2C)cc1Cl. The van der Waals surface area contributed by atoms with Crippen LogP contribution in [0.15, 0.2) is 17.2 Å². The van der Waals surface area contributed by atoms with E-state index in [1.165, 1.54) is 12.3 Å². The second-order valence-electron chi connectivity index (χ2n) is 4.34. The molecule has 1 aliphatic rings. The molecule has 2 heterocycles. The van der Waals surface area contributed by atoms with Crippen LogP contribution in [0.5, 0.6) is 0 Å². The third kappa shape index (κ3) is 3.17. The van der Waals surface area contributed by atoms with Gasteiger partial charge in [-0.25, -0.2) is 18.1 Å². The summed E-state index contributed by atoms with van der Waals surface area (Å²) in [6, 6.07) is 1.16. The van der Waals surface area contributed by atoms with E-state index in [1.54, 1.807) is 7.05 Å². The van der Waals surface area contributed by atoms with Gasteiger partial charge in [0.25, 0.3) is 0 Å². The number of pyridine rings is 1. The summed E-state index contributed by atoms with van der Waals surface area (Å²) in [5.41, 5.74) is 0. The maximum Gasteiger partial charge on any atom is 0.242 e. The van der Waals surface area contributed by atoms with Gasteiger partial charge in [-0.3, -0.25) is 0 Å². The Hall–Kier alpha value is -0.890. The average Bonchev–Trinajstić information content (AvgIpc) is 2.74. The molecule has 0 spiro atoms. The van der Waals surface area contributed by atoms with Crippen LogP contribution in [0, 0.1) is 0 Å². The molecular weight excluding hydrogens is 290 g/mol. The van der Waals surface area contributed by atoms with Crippen molar-refractivity contribution in [3.63, 3.8) is 0 Å². The summed E-state index contributed by atoms with van der Waals surface area (Å²) in [6.45, 7) is 2.40. The molecule has 0 aliphatic carbocycles. The van der Waals surface area contributed by atoms with Crippen molar-refractivity contribution in [2.75, 3.05) is 19.0 Å². The van der Waals surface area contributed by atoms with Crippen molar-refractivity contribution in [3.05, 3.63) is 17.3 Å². The lowest BCUT2D eigenvalue weighted by Crippen LogP contribution is -2.39. The Morgan fingerprint density at radius 3 is 2.79 bits per heavy atom. The third-order valence-electron chi connectivity index (χ3n) is 3.05. The van der Waals surface area contributed by atoms with Crippen LogP contribution in [0.2, 0.25) is 5.02 Å². The largest absolute Gasteiger partial charge is 0.377 e. The lowest BCUT2D eigenvalue weighted by molar-refractivity contribution is 0.117. The van der Waals surface area contributed by atoms with Gasteiger partial charge in [-0.1, -0.05) is 11.6 Å². The summed E-state index contributed by atoms with van der Waals surface area (Å²) < 4.78 is 32.3. The highest BCUT2D eigenvalue weighted by Gasteiger charge is 2.29. The molecule has 8 heteroatoms. The highest BCUT2D eigenvalue weighted by molar-refractivity contribution is 7.89. The molecule has 2 unspecified atom stereocenters. The summed E-state index contributed by atoms with van der Waals surface area (Å²) in [6.07, 6.45) is 1.81. The lowest BCUT2D eigenvalue weighted by Gasteiger charge is -2.16. The van der Waals surface area contributed by atoms with E-state index >= 15 is 0 Å². The summed E-state index contributed by atoms with van der Waals surface area (Å²) >= 11 is 5.94. The smallest absolute Gasteiger partial charge is 0.242 e. The average molecular weight is 306 g/mol. The monoisotopic (exact) mass is 305 g/mol. The van der Waals surface area contributed by atoms with E-state index in [9.17, 15) is 8.42 Å². The van der Waals surface area contributed by atoms with E-state index in [-0.39, 0.29) is 22.1 Å². The van der Waals surface area contributed by atoms with Gasteiger partial charge in [0.2, 0.25) is 10.0 Å². The van der Waals surface area contributed by atoms with Crippen LogP contribution in [0.4, 0.5) is 5.82 Å². The van der Waals surface area contributed by atoms with Crippen LogP contribution in [0.1, 0.15) is 13.3 Å². The van der Waals surface area contributed by atoms with E-state index in [2.05, 4.69) is 15.0 Å². The number of nitrogens with one attached hydrogen (secondary N) is 2. The molecule has 0 aromatic carbocycles. The van der Waals surface area contributed by atoms with E-state index < -0.39 is 10.0 Å². The minimum atomic E-state index is -3.63. The van der Waals surface area contributed by atoms with E-state index in [0.29, 0.717) is 18.8 Å². The van der Waals surface area contributed by atoms with Gasteiger partial charge in [-0.05, 0) is 19.4 Å². The van der Waals surface area contributed by atoms with Crippen LogP contribution in [0.3, 0.4) is 0 Å². The van der Waals surface area contributed by atoms with Crippen LogP contribution in [0.25, 0.3) is 0 Å². The van der Waals surface area contributed by atoms with Gasteiger partial charge in [0, 0.05) is 19.9 Å². The number of hydrogen-bond acceptors (Lipinski definition) is 5. The standard InChI is InChI=1S/C11H16ClN3O3S/c1-7-10(3-4-18-7)15-19(16,17)8-5-9(12)11(13-2)14-6-8/h5-7,10,15H,3-4H2,1-2H3,(H,13,14). The Morgan fingerprint density at radius 1 is 1.53 bits per heavy atom. The number of sulfonamides is 1. The predicted molar refractivity (Wildman–Crippen MR) is 72.9 cm³/mol. The molecule has 1 aliphatic heterocycles. The normalized spacial score (nSPS) is 23.5. The van der Waals surface area contributed by atoms with Crippen LogP contribution in [-0.2, 0) is 14.8 Å². The van der Waals surface area contributed by atoms with Crippen molar-refractivity contribution in [1.82, 2.24) is 9.71 Å². The summed E-state index contributed by atoms with van der Waals surface area (Å²) in [4.78, 5) is 4.01. The van der Waals surface area contributed by atoms with Crippen molar-refractivity contribution >= 4 is 27.4 Å². The molecule has 19 heavy (non-hydrogen) atoms. The number of rotatable bonds is 4. The zero-order valence-electron chi connectivity index (χ0n) is 10.7. The van der Waals surface area contributed by atoms with Gasteiger partial charge in [-0.15, -0.1) is 0 Å². The molecule has 1 saturated heterocycles. The van der Waals surface area contributed by atoms with Crippen molar-refractivity contribution in [1.29, 1.82) is 0 Å². The Morgan fingerprint density at radius 2 is 2.26 bits per heavy atom. The molecule has 0 saturated carbocycles. The molecule has 2 rings (SSSR count). The number of anilines is 1. The van der Waals surface area contributed by atoms with Gasteiger partial charge in [0.15, 0.2) is 0 Å². The second-order valence-corrected chi connectivity index (χ2v) is 6.46. The van der Waals surface area contributed by atoms with Gasteiger partial charge < -0.3 is 10.1 Å². The van der Waals surface area contributed by atoms with Crippen molar-refractivity contribution < 1.29 is 13.2 Å². The number of halogens is 1. The number of nitrogens with zero attached hydrogens (tertiary/aromatic N) is 1. The molecule has 0 radical (unpaired) electrons. The fourth-order valence-corrected chi connectivity index (χ4v) is 3.54. The molecule has 0 bridgehead atoms. The van der Waals surface area contributed by atoms with Crippen molar-refractivity contribution in [3.8, 4) is 0 Å². The Balaban J connectivity index is 2.22. The molecule has 2 atom stereocenters. The number of aromatic nitrogens is 1. The molecule has 6 nitrogen and oxygen atoms in total. The summed E-state index contributed by atoms with van der Waals surface area (Å²) in [5.74, 6) is 0.443. The first-order valence-electron chi connectivity index (χ1n) is 5.91. The van der Waals surface area contributed by atoms with Gasteiger partial charge in [-0.2, -0.15) is 0 Å². The van der Waals surface area contributed by atoms with Crippen LogP contribution >= 0.6 is 11.6 Å². The number of hydrogen-bond donors (Lipinski definition) is 2. The summed E-state index contributed by atoms with van der Waals surface area (Å²) in [7, 11) is -1.96. The Labute approximate surface area is 117 Å². The Kier molecular flexibility index (Phi) is 4.29. The zero-order valence-corrected chi connectivity index (χ0v) is 12.3. The molecule has 2 N–H and O–H groups in total. The quantitative estimate of drug-likeness (QED) is 0.874. The van der Waals surface area contributed by atoms with Crippen LogP contribution < -0.4 is 10.0 Å². The Bertz CT molecular complexity index is 564. The highest BCUT2D eigenvalue weighted by Crippen LogP contribution is 2.23. The fourth-order valence-electron chi connectivity index (χ4n) is 1.91. The molecular formula is C11H16ClN3O3S. The van der Waals surface area contributed by atoms with E-state index in [4.69, 9.17) is 16.3 Å². The first-order valence-corrected chi connectivity index (χ1v) is 7.77. The molecule has 1 aromatic heterocycles. The minimum Gasteiger partial charge on any atom is -0.377 e. The predicted octanol–water partition coefficient (Wildman–Crippen LogP) is 1.23.